The summed E-state index contributed by atoms with van der Waals surface area (Å²) in [5.41, 5.74) is 4.64. The van der Waals surface area contributed by atoms with E-state index in [0.29, 0.717) is 13.2 Å². The lowest BCUT2D eigenvalue weighted by Crippen LogP contribution is -2.44. The van der Waals surface area contributed by atoms with Gasteiger partial charge in [0.1, 0.15) is 19.0 Å². The third-order valence-electron chi connectivity index (χ3n) is 5.92. The number of nitrogens with one attached hydrogen (secondary N) is 3. The molecule has 4 aliphatic rings. The van der Waals surface area contributed by atoms with Crippen LogP contribution >= 0.6 is 0 Å². The predicted molar refractivity (Wildman–Crippen MR) is 102 cm³/mol. The number of aromatic nitrogens is 2. The molecule has 3 N–H and O–H groups in total. The van der Waals surface area contributed by atoms with Crippen molar-refractivity contribution in [3.63, 3.8) is 0 Å². The minimum atomic E-state index is 0.100. The van der Waals surface area contributed by atoms with Gasteiger partial charge >= 0.3 is 0 Å². The average Bonchev–Trinajstić information content (AvgIpc) is 3.34. The Morgan fingerprint density at radius 2 is 2.04 bits per heavy atom. The molecule has 2 aromatic rings. The van der Waals surface area contributed by atoms with E-state index >= 15 is 0 Å². The number of hydrogen-bond acceptors (Lipinski definition) is 5. The first kappa shape index (κ1) is 15.1. The van der Waals surface area contributed by atoms with Gasteiger partial charge in [0.2, 0.25) is 5.84 Å². The minimum Gasteiger partial charge on any atom is -0.486 e. The first-order valence-electron chi connectivity index (χ1n) is 9.50. The van der Waals surface area contributed by atoms with Crippen molar-refractivity contribution in [3.05, 3.63) is 47.2 Å². The number of nitrogens with zero attached hydrogens (tertiary/aromatic N) is 2. The molecule has 6 rings (SSSR count). The lowest BCUT2D eigenvalue weighted by atomic mass is 9.99. The van der Waals surface area contributed by atoms with E-state index in [1.165, 1.54) is 11.3 Å². The number of aryl methyl sites for hydroxylation is 1. The highest BCUT2D eigenvalue weighted by Crippen LogP contribution is 2.35. The van der Waals surface area contributed by atoms with Gasteiger partial charge in [-0.1, -0.05) is 0 Å². The topological polar surface area (TPSA) is 74.2 Å². The Bertz CT molecular complexity index is 1060. The maximum atomic E-state index is 5.94. The molecule has 0 spiro atoms. The largest absolute Gasteiger partial charge is 0.486 e. The van der Waals surface area contributed by atoms with E-state index in [1.54, 1.807) is 0 Å². The first-order chi connectivity index (χ1) is 13.2. The second-order valence-electron chi connectivity index (χ2n) is 7.56. The molecule has 0 amide bonds. The van der Waals surface area contributed by atoms with Crippen molar-refractivity contribution in [1.82, 2.24) is 15.3 Å². The van der Waals surface area contributed by atoms with Crippen LogP contribution in [0.5, 0.6) is 0 Å². The molecule has 1 aromatic heterocycles. The van der Waals surface area contributed by atoms with Gasteiger partial charge in [0, 0.05) is 24.6 Å². The predicted octanol–water partition coefficient (Wildman–Crippen LogP) is 1.76. The van der Waals surface area contributed by atoms with E-state index in [-0.39, 0.29) is 18.2 Å². The summed E-state index contributed by atoms with van der Waals surface area (Å²) >= 11 is 0. The Labute approximate surface area is 156 Å². The number of anilines is 1. The monoisotopic (exact) mass is 364 g/mol. The maximum Gasteiger partial charge on any atom is 0.244 e. The molecule has 3 aliphatic heterocycles. The zero-order valence-corrected chi connectivity index (χ0v) is 15.4. The lowest BCUT2D eigenvalue weighted by Gasteiger charge is -2.28. The van der Waals surface area contributed by atoms with Gasteiger partial charge in [0.05, 0.1) is 11.0 Å². The number of rotatable bonds is 1. The van der Waals surface area contributed by atoms with Crippen LogP contribution in [0, 0.1) is 6.92 Å². The molecular weight excluding hydrogens is 342 g/mol. The first-order valence-corrected chi connectivity index (χ1v) is 9.50. The van der Waals surface area contributed by atoms with Crippen molar-refractivity contribution in [2.24, 2.45) is 0 Å². The molecule has 0 fully saturated rings. The van der Waals surface area contributed by atoms with Crippen molar-refractivity contribution >= 4 is 22.6 Å². The van der Waals surface area contributed by atoms with Crippen LogP contribution in [0.1, 0.15) is 18.3 Å². The van der Waals surface area contributed by atoms with Gasteiger partial charge < -0.3 is 19.8 Å². The van der Waals surface area contributed by atoms with Crippen LogP contribution < -0.4 is 10.6 Å². The molecule has 138 valence electrons. The van der Waals surface area contributed by atoms with Crippen LogP contribution in [0.25, 0.3) is 11.0 Å². The van der Waals surface area contributed by atoms with E-state index < -0.39 is 0 Å². The summed E-state index contributed by atoms with van der Waals surface area (Å²) in [7, 11) is 0. The second kappa shape index (κ2) is 5.28. The number of ether oxygens (including phenoxy) is 2. The number of amidine groups is 1. The van der Waals surface area contributed by atoms with Crippen molar-refractivity contribution in [3.8, 4) is 0 Å². The molecule has 0 saturated carbocycles. The summed E-state index contributed by atoms with van der Waals surface area (Å²) in [5.74, 6) is 3.89. The molecule has 0 radical (unpaired) electrons. The molecule has 27 heavy (non-hydrogen) atoms. The van der Waals surface area contributed by atoms with E-state index in [4.69, 9.17) is 14.5 Å². The molecule has 4 heterocycles. The van der Waals surface area contributed by atoms with Crippen LogP contribution in [0.15, 0.2) is 35.8 Å². The molecule has 0 bridgehead atoms. The van der Waals surface area contributed by atoms with Crippen molar-refractivity contribution < 1.29 is 14.0 Å². The fourth-order valence-electron chi connectivity index (χ4n) is 4.83. The van der Waals surface area contributed by atoms with Gasteiger partial charge in [-0.3, -0.25) is 5.32 Å². The average molecular weight is 364 g/mol. The molecule has 7 heteroatoms. The SMILES string of the molecule is CC1=[N+](C2Cc3c(ccc4[nH]c(C)nc34)N2)C2C=CC3=C(OCCO3)C2N1. The van der Waals surface area contributed by atoms with Crippen molar-refractivity contribution in [1.29, 1.82) is 0 Å². The Hall–Kier alpha value is -2.96. The summed E-state index contributed by atoms with van der Waals surface area (Å²) in [6.07, 6.45) is 5.37. The smallest absolute Gasteiger partial charge is 0.244 e. The van der Waals surface area contributed by atoms with Gasteiger partial charge in [0.15, 0.2) is 29.8 Å². The molecular formula is C20H22N5O2+. The molecule has 0 saturated heterocycles. The van der Waals surface area contributed by atoms with Crippen molar-refractivity contribution in [2.45, 2.75) is 38.5 Å². The highest BCUT2D eigenvalue weighted by atomic mass is 16.6. The third-order valence-corrected chi connectivity index (χ3v) is 5.92. The second-order valence-corrected chi connectivity index (χ2v) is 7.56. The van der Waals surface area contributed by atoms with Crippen molar-refractivity contribution in [2.75, 3.05) is 18.5 Å². The number of fused-ring (bicyclic) bond motifs is 5. The summed E-state index contributed by atoms with van der Waals surface area (Å²) in [6.45, 7) is 5.37. The van der Waals surface area contributed by atoms with Gasteiger partial charge in [0.25, 0.3) is 0 Å². The summed E-state index contributed by atoms with van der Waals surface area (Å²) in [6, 6.07) is 4.56. The number of imidazole rings is 1. The molecule has 1 aliphatic carbocycles. The Kier molecular flexibility index (Phi) is 2.96. The van der Waals surface area contributed by atoms with E-state index in [0.717, 1.165) is 40.6 Å². The van der Waals surface area contributed by atoms with Crippen LogP contribution in [0.4, 0.5) is 5.69 Å². The lowest BCUT2D eigenvalue weighted by molar-refractivity contribution is -0.577. The number of aromatic amines is 1. The number of hydrogen-bond donors (Lipinski definition) is 3. The van der Waals surface area contributed by atoms with Crippen LogP contribution in [0.3, 0.4) is 0 Å². The summed E-state index contributed by atoms with van der Waals surface area (Å²) in [4.78, 5) is 8.05. The molecule has 3 atom stereocenters. The number of benzene rings is 1. The zero-order valence-electron chi connectivity index (χ0n) is 15.4. The van der Waals surface area contributed by atoms with Gasteiger partial charge in [-0.2, -0.15) is 0 Å². The van der Waals surface area contributed by atoms with E-state index in [1.807, 2.05) is 6.92 Å². The Morgan fingerprint density at radius 1 is 1.15 bits per heavy atom. The summed E-state index contributed by atoms with van der Waals surface area (Å²) in [5, 5.41) is 7.32. The van der Waals surface area contributed by atoms with Gasteiger partial charge in [-0.05, 0) is 31.2 Å². The Morgan fingerprint density at radius 3 is 2.96 bits per heavy atom. The highest BCUT2D eigenvalue weighted by Gasteiger charge is 2.48. The van der Waals surface area contributed by atoms with E-state index in [2.05, 4.69) is 51.4 Å². The fraction of sp³-hybridized carbons (Fsp3) is 0.400. The van der Waals surface area contributed by atoms with Gasteiger partial charge in [-0.15, -0.1) is 0 Å². The summed E-state index contributed by atoms with van der Waals surface area (Å²) < 4.78 is 14.1. The van der Waals surface area contributed by atoms with Crippen LogP contribution in [-0.2, 0) is 15.9 Å². The molecule has 3 unspecified atom stereocenters. The quantitative estimate of drug-likeness (QED) is 0.673. The van der Waals surface area contributed by atoms with E-state index in [9.17, 15) is 0 Å². The standard InChI is InChI=1S/C20H21N5O2/c1-10-21-14-4-3-13-12(18(14)22-10)9-17(24-13)25-11(2)23-19-15(25)5-6-16-20(19)27-8-7-26-16/h3-6,15,17,19,24H,7-9H2,1-2H3,(H,21,22)/p+1. The highest BCUT2D eigenvalue weighted by molar-refractivity contribution is 5.86. The Balaban J connectivity index is 1.35. The van der Waals surface area contributed by atoms with Gasteiger partial charge in [-0.25, -0.2) is 9.56 Å². The normalized spacial score (nSPS) is 28.3. The van der Waals surface area contributed by atoms with Crippen LogP contribution in [-0.4, -0.2) is 51.8 Å². The van der Waals surface area contributed by atoms with Crippen LogP contribution in [0.2, 0.25) is 0 Å². The molecule has 1 aromatic carbocycles. The maximum absolute atomic E-state index is 5.94. The third kappa shape index (κ3) is 2.08. The number of allylic oxidation sites excluding steroid dienone is 1. The minimum absolute atomic E-state index is 0.100. The zero-order chi connectivity index (χ0) is 18.1. The molecule has 7 nitrogen and oxygen atoms in total. The number of H-pyrrole nitrogens is 1. The fourth-order valence-corrected chi connectivity index (χ4v) is 4.83.